The van der Waals surface area contributed by atoms with E-state index in [2.05, 4.69) is 10.3 Å². The number of hydrogen-bond donors (Lipinski definition) is 1. The molecule has 3 aromatic rings. The summed E-state index contributed by atoms with van der Waals surface area (Å²) in [7, 11) is -3.80. The van der Waals surface area contributed by atoms with Gasteiger partial charge < -0.3 is 5.32 Å². The average molecular weight is 499 g/mol. The Morgan fingerprint density at radius 1 is 1.03 bits per heavy atom. The summed E-state index contributed by atoms with van der Waals surface area (Å²) in [5.74, 6) is -0.522. The lowest BCUT2D eigenvalue weighted by Gasteiger charge is -2.30. The van der Waals surface area contributed by atoms with Crippen LogP contribution in [0.15, 0.2) is 53.6 Å². The summed E-state index contributed by atoms with van der Waals surface area (Å²) in [6.07, 6.45) is 2.42. The molecule has 1 saturated heterocycles. The van der Waals surface area contributed by atoms with Crippen molar-refractivity contribution in [3.05, 3.63) is 63.7 Å². The lowest BCUT2D eigenvalue weighted by Crippen LogP contribution is -2.41. The molecule has 0 spiro atoms. The van der Waals surface area contributed by atoms with Gasteiger partial charge in [-0.15, -0.1) is 0 Å². The quantitative estimate of drug-likeness (QED) is 0.534. The first-order valence-corrected chi connectivity index (χ1v) is 12.1. The Kier molecular flexibility index (Phi) is 6.42. The van der Waals surface area contributed by atoms with Crippen molar-refractivity contribution in [2.75, 3.05) is 18.4 Å². The van der Waals surface area contributed by atoms with Crippen molar-refractivity contribution in [2.24, 2.45) is 5.92 Å². The Labute approximate surface area is 195 Å². The zero-order valence-electron chi connectivity index (χ0n) is 16.2. The predicted octanol–water partition coefficient (Wildman–Crippen LogP) is 5.23. The summed E-state index contributed by atoms with van der Waals surface area (Å²) in [4.78, 5) is 17.2. The van der Waals surface area contributed by atoms with Crippen molar-refractivity contribution in [3.8, 4) is 0 Å². The highest BCUT2D eigenvalue weighted by molar-refractivity contribution is 7.89. The summed E-state index contributed by atoms with van der Waals surface area (Å²) < 4.78 is 27.3. The molecule has 1 amide bonds. The molecular formula is C21H18Cl3N3O3S. The monoisotopic (exact) mass is 497 g/mol. The van der Waals surface area contributed by atoms with Crippen LogP contribution in [0.2, 0.25) is 15.1 Å². The van der Waals surface area contributed by atoms with E-state index in [0.29, 0.717) is 34.1 Å². The second-order valence-corrected chi connectivity index (χ2v) is 10.5. The third-order valence-electron chi connectivity index (χ3n) is 5.26. The number of nitrogens with one attached hydrogen (secondary N) is 1. The van der Waals surface area contributed by atoms with Gasteiger partial charge in [-0.1, -0.05) is 40.9 Å². The van der Waals surface area contributed by atoms with Gasteiger partial charge in [0.1, 0.15) is 4.90 Å². The molecule has 1 aliphatic heterocycles. The topological polar surface area (TPSA) is 79.4 Å². The van der Waals surface area contributed by atoms with Crippen molar-refractivity contribution in [2.45, 2.75) is 17.7 Å². The van der Waals surface area contributed by atoms with E-state index in [1.54, 1.807) is 24.4 Å². The average Bonchev–Trinajstić information content (AvgIpc) is 2.75. The van der Waals surface area contributed by atoms with E-state index in [-0.39, 0.29) is 34.8 Å². The fraction of sp³-hybridized carbons (Fsp3) is 0.238. The van der Waals surface area contributed by atoms with E-state index in [1.807, 2.05) is 6.07 Å². The lowest BCUT2D eigenvalue weighted by molar-refractivity contribution is -0.120. The van der Waals surface area contributed by atoms with E-state index in [1.165, 1.54) is 22.5 Å². The predicted molar refractivity (Wildman–Crippen MR) is 123 cm³/mol. The van der Waals surface area contributed by atoms with Crippen LogP contribution in [0.1, 0.15) is 12.8 Å². The van der Waals surface area contributed by atoms with E-state index >= 15 is 0 Å². The van der Waals surface area contributed by atoms with Crippen LogP contribution in [-0.2, 0) is 14.8 Å². The van der Waals surface area contributed by atoms with Gasteiger partial charge in [0.25, 0.3) is 0 Å². The Morgan fingerprint density at radius 2 is 1.77 bits per heavy atom. The van der Waals surface area contributed by atoms with Crippen molar-refractivity contribution >= 4 is 67.3 Å². The molecule has 1 fully saturated rings. The molecule has 0 atom stereocenters. The Morgan fingerprint density at radius 3 is 2.52 bits per heavy atom. The van der Waals surface area contributed by atoms with Gasteiger partial charge in [-0.05, 0) is 49.2 Å². The van der Waals surface area contributed by atoms with Gasteiger partial charge >= 0.3 is 0 Å². The van der Waals surface area contributed by atoms with Gasteiger partial charge in [-0.25, -0.2) is 8.42 Å². The molecule has 31 heavy (non-hydrogen) atoms. The second kappa shape index (κ2) is 8.92. The van der Waals surface area contributed by atoms with Gasteiger partial charge in [0.2, 0.25) is 15.9 Å². The first-order chi connectivity index (χ1) is 14.8. The largest absolute Gasteiger partial charge is 0.324 e. The van der Waals surface area contributed by atoms with E-state index in [9.17, 15) is 13.2 Å². The van der Waals surface area contributed by atoms with Crippen LogP contribution in [0, 0.1) is 5.92 Å². The van der Waals surface area contributed by atoms with Crippen molar-refractivity contribution < 1.29 is 13.2 Å². The minimum absolute atomic E-state index is 0.0268. The van der Waals surface area contributed by atoms with Gasteiger partial charge in [-0.3, -0.25) is 9.78 Å². The molecule has 4 rings (SSSR count). The number of benzene rings is 2. The number of fused-ring (bicyclic) bond motifs is 1. The first-order valence-electron chi connectivity index (χ1n) is 9.56. The molecule has 10 heteroatoms. The Balaban J connectivity index is 1.47. The maximum absolute atomic E-state index is 13.0. The summed E-state index contributed by atoms with van der Waals surface area (Å²) >= 11 is 18.2. The normalized spacial score (nSPS) is 15.8. The number of sulfonamides is 1. The molecule has 2 heterocycles. The number of hydrogen-bond acceptors (Lipinski definition) is 4. The zero-order valence-corrected chi connectivity index (χ0v) is 19.3. The number of pyridine rings is 1. The van der Waals surface area contributed by atoms with Crippen LogP contribution in [0.4, 0.5) is 5.69 Å². The molecule has 0 saturated carbocycles. The molecule has 1 N–H and O–H groups in total. The first kappa shape index (κ1) is 22.3. The molecule has 1 aliphatic rings. The van der Waals surface area contributed by atoms with Crippen LogP contribution < -0.4 is 5.32 Å². The van der Waals surface area contributed by atoms with Crippen LogP contribution >= 0.6 is 34.8 Å². The number of rotatable bonds is 4. The van der Waals surface area contributed by atoms with Gasteiger partial charge in [0.15, 0.2) is 0 Å². The number of piperidine rings is 1. The Bertz CT molecular complexity index is 1260. The SMILES string of the molecule is O=C(Nc1cc(Cl)cc2cccnc12)C1CCN(S(=O)(=O)c2cc(Cl)ccc2Cl)CC1. The molecule has 0 unspecified atom stereocenters. The number of aromatic nitrogens is 1. The second-order valence-electron chi connectivity index (χ2n) is 7.27. The fourth-order valence-electron chi connectivity index (χ4n) is 3.66. The fourth-order valence-corrected chi connectivity index (χ4v) is 6.09. The highest BCUT2D eigenvalue weighted by Gasteiger charge is 2.33. The number of carbonyl (C=O) groups excluding carboxylic acids is 1. The van der Waals surface area contributed by atoms with E-state index in [4.69, 9.17) is 34.8 Å². The van der Waals surface area contributed by atoms with Gasteiger partial charge in [0, 0.05) is 40.6 Å². The maximum Gasteiger partial charge on any atom is 0.244 e. The third kappa shape index (κ3) is 4.66. The number of nitrogens with zero attached hydrogens (tertiary/aromatic N) is 2. The van der Waals surface area contributed by atoms with Crippen LogP contribution in [0.3, 0.4) is 0 Å². The lowest BCUT2D eigenvalue weighted by atomic mass is 9.97. The molecule has 0 radical (unpaired) electrons. The summed E-state index contributed by atoms with van der Waals surface area (Å²) in [6, 6.07) is 11.4. The minimum atomic E-state index is -3.80. The summed E-state index contributed by atoms with van der Waals surface area (Å²) in [5, 5.41) is 4.63. The number of amides is 1. The molecule has 162 valence electrons. The van der Waals surface area contributed by atoms with Gasteiger partial charge in [0.05, 0.1) is 16.2 Å². The van der Waals surface area contributed by atoms with E-state index in [0.717, 1.165) is 5.39 Å². The van der Waals surface area contributed by atoms with Crippen molar-refractivity contribution in [1.82, 2.24) is 9.29 Å². The number of anilines is 1. The smallest absolute Gasteiger partial charge is 0.244 e. The zero-order chi connectivity index (χ0) is 22.2. The van der Waals surface area contributed by atoms with Crippen LogP contribution in [0.5, 0.6) is 0 Å². The number of halogens is 3. The standard InChI is InChI=1S/C21H18Cl3N3O3S/c22-15-3-4-17(24)19(12-15)31(29,30)27-8-5-13(6-9-27)21(28)26-18-11-16(23)10-14-2-1-7-25-20(14)18/h1-4,7,10-13H,5-6,8-9H2,(H,26,28). The third-order valence-corrected chi connectivity index (χ3v) is 8.10. The van der Waals surface area contributed by atoms with E-state index < -0.39 is 10.0 Å². The van der Waals surface area contributed by atoms with Crippen LogP contribution in [0.25, 0.3) is 10.9 Å². The Hall–Kier alpha value is -1.90. The maximum atomic E-state index is 13.0. The molecule has 6 nitrogen and oxygen atoms in total. The van der Waals surface area contributed by atoms with Crippen molar-refractivity contribution in [3.63, 3.8) is 0 Å². The highest BCUT2D eigenvalue weighted by atomic mass is 35.5. The minimum Gasteiger partial charge on any atom is -0.324 e. The molecule has 2 aromatic carbocycles. The summed E-state index contributed by atoms with van der Waals surface area (Å²) in [5.41, 5.74) is 1.18. The van der Waals surface area contributed by atoms with Crippen molar-refractivity contribution in [1.29, 1.82) is 0 Å². The molecule has 0 aliphatic carbocycles. The summed E-state index contributed by atoms with van der Waals surface area (Å²) in [6.45, 7) is 0.412. The molecule has 0 bridgehead atoms. The van der Waals surface area contributed by atoms with Crippen LogP contribution in [-0.4, -0.2) is 36.7 Å². The number of carbonyl (C=O) groups is 1. The molecular weight excluding hydrogens is 481 g/mol. The molecule has 1 aromatic heterocycles. The van der Waals surface area contributed by atoms with Gasteiger partial charge in [-0.2, -0.15) is 4.31 Å². The highest BCUT2D eigenvalue weighted by Crippen LogP contribution is 2.31.